The van der Waals surface area contributed by atoms with Crippen molar-refractivity contribution in [2.45, 2.75) is 40.0 Å². The molecule has 15 heavy (non-hydrogen) atoms. The molecular weight excluding hydrogens is 194 g/mol. The molecule has 0 aliphatic heterocycles. The molecular formula is C11H21NO3. The third-order valence-corrected chi connectivity index (χ3v) is 2.29. The van der Waals surface area contributed by atoms with E-state index in [2.05, 4.69) is 23.9 Å². The Morgan fingerprint density at radius 2 is 1.93 bits per heavy atom. The van der Waals surface area contributed by atoms with Crippen LogP contribution in [-0.4, -0.2) is 25.0 Å². The third kappa shape index (κ3) is 6.10. The Bertz CT molecular complexity index is 204. The largest absolute Gasteiger partial charge is 0.459 e. The summed E-state index contributed by atoms with van der Waals surface area (Å²) in [6.07, 6.45) is 3.17. The summed E-state index contributed by atoms with van der Waals surface area (Å²) in [5.41, 5.74) is 0. The van der Waals surface area contributed by atoms with E-state index < -0.39 is 11.9 Å². The van der Waals surface area contributed by atoms with E-state index in [1.54, 1.807) is 6.92 Å². The number of carbonyl (C=O) groups is 2. The summed E-state index contributed by atoms with van der Waals surface area (Å²) in [5, 5.41) is 2.59. The third-order valence-electron chi connectivity index (χ3n) is 2.29. The van der Waals surface area contributed by atoms with Gasteiger partial charge in [0.25, 0.3) is 0 Å². The topological polar surface area (TPSA) is 55.4 Å². The van der Waals surface area contributed by atoms with Crippen molar-refractivity contribution in [2.24, 2.45) is 5.92 Å². The van der Waals surface area contributed by atoms with Gasteiger partial charge < -0.3 is 10.1 Å². The van der Waals surface area contributed by atoms with Crippen LogP contribution in [0.15, 0.2) is 0 Å². The Labute approximate surface area is 91.4 Å². The summed E-state index contributed by atoms with van der Waals surface area (Å²) < 4.78 is 4.58. The highest BCUT2D eigenvalue weighted by molar-refractivity contribution is 6.32. The number of rotatable bonds is 6. The Morgan fingerprint density at radius 3 is 2.40 bits per heavy atom. The van der Waals surface area contributed by atoms with Crippen molar-refractivity contribution in [2.75, 3.05) is 13.2 Å². The van der Waals surface area contributed by atoms with E-state index in [1.807, 2.05) is 0 Å². The molecule has 1 amide bonds. The second-order valence-electron chi connectivity index (χ2n) is 3.49. The zero-order valence-corrected chi connectivity index (χ0v) is 9.84. The van der Waals surface area contributed by atoms with Crippen molar-refractivity contribution in [1.82, 2.24) is 5.32 Å². The number of hydrogen-bond acceptors (Lipinski definition) is 3. The van der Waals surface area contributed by atoms with Crippen molar-refractivity contribution in [1.29, 1.82) is 0 Å². The van der Waals surface area contributed by atoms with E-state index in [-0.39, 0.29) is 6.61 Å². The predicted octanol–water partition coefficient (Wildman–Crippen LogP) is 1.49. The van der Waals surface area contributed by atoms with Crippen LogP contribution in [0.2, 0.25) is 0 Å². The Hall–Kier alpha value is -1.06. The smallest absolute Gasteiger partial charge is 0.396 e. The van der Waals surface area contributed by atoms with Gasteiger partial charge in [-0.05, 0) is 19.3 Å². The zero-order valence-electron chi connectivity index (χ0n) is 9.84. The van der Waals surface area contributed by atoms with Crippen LogP contribution < -0.4 is 5.32 Å². The minimum absolute atomic E-state index is 0.235. The number of carbonyl (C=O) groups excluding carboxylic acids is 2. The number of amides is 1. The van der Waals surface area contributed by atoms with Crippen LogP contribution in [0.3, 0.4) is 0 Å². The van der Waals surface area contributed by atoms with Crippen LogP contribution in [0.5, 0.6) is 0 Å². The number of ether oxygens (including phenoxy) is 1. The summed E-state index contributed by atoms with van der Waals surface area (Å²) in [4.78, 5) is 22.1. The van der Waals surface area contributed by atoms with Gasteiger partial charge in [0.15, 0.2) is 0 Å². The van der Waals surface area contributed by atoms with Crippen molar-refractivity contribution < 1.29 is 14.3 Å². The first-order chi connectivity index (χ1) is 7.15. The van der Waals surface area contributed by atoms with Gasteiger partial charge in [-0.1, -0.05) is 26.7 Å². The molecule has 0 radical (unpaired) electrons. The first-order valence-electron chi connectivity index (χ1n) is 5.60. The first kappa shape index (κ1) is 13.9. The average Bonchev–Trinajstić information content (AvgIpc) is 2.24. The summed E-state index contributed by atoms with van der Waals surface area (Å²) in [6.45, 7) is 6.66. The van der Waals surface area contributed by atoms with Crippen molar-refractivity contribution in [3.8, 4) is 0 Å². The predicted molar refractivity (Wildman–Crippen MR) is 58.3 cm³/mol. The average molecular weight is 215 g/mol. The molecule has 0 saturated carbocycles. The van der Waals surface area contributed by atoms with E-state index in [9.17, 15) is 9.59 Å². The second-order valence-corrected chi connectivity index (χ2v) is 3.49. The molecule has 88 valence electrons. The SMILES string of the molecule is CCCC(CC)CNC(=O)C(=O)OCC. The molecule has 1 unspecified atom stereocenters. The lowest BCUT2D eigenvalue weighted by atomic mass is 10.0. The molecule has 0 aromatic rings. The number of esters is 1. The molecule has 0 fully saturated rings. The summed E-state index contributed by atoms with van der Waals surface area (Å²) in [5.74, 6) is -0.969. The van der Waals surface area contributed by atoms with Crippen LogP contribution >= 0.6 is 0 Å². The molecule has 0 saturated heterocycles. The molecule has 1 atom stereocenters. The maximum absolute atomic E-state index is 11.2. The normalized spacial score (nSPS) is 11.9. The van der Waals surface area contributed by atoms with Crippen molar-refractivity contribution in [3.05, 3.63) is 0 Å². The Morgan fingerprint density at radius 1 is 1.27 bits per heavy atom. The first-order valence-corrected chi connectivity index (χ1v) is 5.60. The van der Waals surface area contributed by atoms with E-state index in [1.165, 1.54) is 0 Å². The van der Waals surface area contributed by atoms with Gasteiger partial charge in [0.05, 0.1) is 6.61 Å². The fourth-order valence-corrected chi connectivity index (χ4v) is 1.36. The minimum Gasteiger partial charge on any atom is -0.459 e. The van der Waals surface area contributed by atoms with Crippen LogP contribution in [0.25, 0.3) is 0 Å². The quantitative estimate of drug-likeness (QED) is 0.539. The van der Waals surface area contributed by atoms with Gasteiger partial charge in [0.1, 0.15) is 0 Å². The molecule has 0 rings (SSSR count). The van der Waals surface area contributed by atoms with Gasteiger partial charge >= 0.3 is 11.9 Å². The van der Waals surface area contributed by atoms with Gasteiger partial charge in [-0.3, -0.25) is 4.79 Å². The van der Waals surface area contributed by atoms with Crippen molar-refractivity contribution in [3.63, 3.8) is 0 Å². The summed E-state index contributed by atoms with van der Waals surface area (Å²) >= 11 is 0. The number of hydrogen-bond donors (Lipinski definition) is 1. The van der Waals surface area contributed by atoms with E-state index in [0.29, 0.717) is 12.5 Å². The maximum Gasteiger partial charge on any atom is 0.396 e. The lowest BCUT2D eigenvalue weighted by Gasteiger charge is -2.13. The van der Waals surface area contributed by atoms with Crippen molar-refractivity contribution >= 4 is 11.9 Å². The summed E-state index contributed by atoms with van der Waals surface area (Å²) in [7, 11) is 0. The molecule has 0 spiro atoms. The summed E-state index contributed by atoms with van der Waals surface area (Å²) in [6, 6.07) is 0. The standard InChI is InChI=1S/C11H21NO3/c1-4-7-9(5-2)8-12-10(13)11(14)15-6-3/h9H,4-8H2,1-3H3,(H,12,13). The lowest BCUT2D eigenvalue weighted by Crippen LogP contribution is -2.35. The minimum atomic E-state index is -0.788. The molecule has 0 aliphatic carbocycles. The highest BCUT2D eigenvalue weighted by atomic mass is 16.5. The Kier molecular flexibility index (Phi) is 7.68. The van der Waals surface area contributed by atoms with Gasteiger partial charge in [-0.25, -0.2) is 4.79 Å². The molecule has 0 heterocycles. The number of nitrogens with one attached hydrogen (secondary N) is 1. The van der Waals surface area contributed by atoms with E-state index >= 15 is 0 Å². The second kappa shape index (κ2) is 8.26. The van der Waals surface area contributed by atoms with Crippen LogP contribution in [0.1, 0.15) is 40.0 Å². The molecule has 4 heteroatoms. The molecule has 0 aromatic carbocycles. The molecule has 0 bridgehead atoms. The fourth-order valence-electron chi connectivity index (χ4n) is 1.36. The monoisotopic (exact) mass is 215 g/mol. The van der Waals surface area contributed by atoms with Crippen LogP contribution in [0.4, 0.5) is 0 Å². The van der Waals surface area contributed by atoms with E-state index in [4.69, 9.17) is 0 Å². The molecule has 4 nitrogen and oxygen atoms in total. The lowest BCUT2D eigenvalue weighted by molar-refractivity contribution is -0.154. The highest BCUT2D eigenvalue weighted by Crippen LogP contribution is 2.08. The van der Waals surface area contributed by atoms with Gasteiger partial charge in [-0.15, -0.1) is 0 Å². The van der Waals surface area contributed by atoms with Gasteiger partial charge in [0, 0.05) is 6.54 Å². The molecule has 0 aliphatic rings. The maximum atomic E-state index is 11.2. The fraction of sp³-hybridized carbons (Fsp3) is 0.818. The van der Waals surface area contributed by atoms with Crippen LogP contribution in [0, 0.1) is 5.92 Å². The zero-order chi connectivity index (χ0) is 11.7. The van der Waals surface area contributed by atoms with Crippen LogP contribution in [-0.2, 0) is 14.3 Å². The molecule has 1 N–H and O–H groups in total. The van der Waals surface area contributed by atoms with E-state index in [0.717, 1.165) is 19.3 Å². The highest BCUT2D eigenvalue weighted by Gasteiger charge is 2.15. The molecule has 0 aromatic heterocycles. The Balaban J connectivity index is 3.81. The van der Waals surface area contributed by atoms with Gasteiger partial charge in [0.2, 0.25) is 0 Å². The van der Waals surface area contributed by atoms with Gasteiger partial charge in [-0.2, -0.15) is 0 Å².